The molecule has 33 heavy (non-hydrogen) atoms. The van der Waals surface area contributed by atoms with Gasteiger partial charge in [-0.05, 0) is 67.9 Å². The molecule has 4 aromatic heterocycles. The van der Waals surface area contributed by atoms with E-state index in [1.54, 1.807) is 6.20 Å². The van der Waals surface area contributed by atoms with Crippen molar-refractivity contribution in [2.75, 3.05) is 18.0 Å². The SMILES string of the molecule is Cc1nccc(-c2c(C)nc(N3CCC4(CC3)Cc3ccncc3[C@H]4N)c3ccnn23)c1Cl. The summed E-state index contributed by atoms with van der Waals surface area (Å²) in [7, 11) is 0. The second-order valence-corrected chi connectivity index (χ2v) is 9.71. The van der Waals surface area contributed by atoms with Crippen molar-refractivity contribution in [2.45, 2.75) is 39.2 Å². The number of hydrogen-bond acceptors (Lipinski definition) is 6. The minimum atomic E-state index is 0.0486. The molecule has 2 aliphatic rings. The molecule has 0 radical (unpaired) electrons. The highest BCUT2D eigenvalue weighted by Crippen LogP contribution is 2.51. The van der Waals surface area contributed by atoms with Crippen LogP contribution in [0.3, 0.4) is 0 Å². The fraction of sp³-hybridized carbons (Fsp3) is 0.360. The fourth-order valence-corrected chi connectivity index (χ4v) is 5.89. The molecule has 2 N–H and O–H groups in total. The maximum Gasteiger partial charge on any atom is 0.155 e. The van der Waals surface area contributed by atoms with Gasteiger partial charge in [0.05, 0.1) is 28.3 Å². The normalized spacial score (nSPS) is 19.4. The summed E-state index contributed by atoms with van der Waals surface area (Å²) in [4.78, 5) is 16.1. The predicted molar refractivity (Wildman–Crippen MR) is 129 cm³/mol. The zero-order valence-electron chi connectivity index (χ0n) is 18.8. The fourth-order valence-electron chi connectivity index (χ4n) is 5.69. The van der Waals surface area contributed by atoms with Crippen LogP contribution in [0.15, 0.2) is 43.0 Å². The third kappa shape index (κ3) is 3.06. The van der Waals surface area contributed by atoms with Crippen LogP contribution in [0.1, 0.15) is 41.4 Å². The number of anilines is 1. The number of fused-ring (bicyclic) bond motifs is 2. The van der Waals surface area contributed by atoms with E-state index in [-0.39, 0.29) is 11.5 Å². The van der Waals surface area contributed by atoms with Crippen LogP contribution in [0, 0.1) is 19.3 Å². The van der Waals surface area contributed by atoms with E-state index in [2.05, 4.69) is 26.0 Å². The highest BCUT2D eigenvalue weighted by molar-refractivity contribution is 6.33. The molecule has 1 fully saturated rings. The Bertz CT molecular complexity index is 1370. The molecule has 0 amide bonds. The summed E-state index contributed by atoms with van der Waals surface area (Å²) in [5.41, 5.74) is 13.9. The molecule has 1 atom stereocenters. The highest BCUT2D eigenvalue weighted by atomic mass is 35.5. The largest absolute Gasteiger partial charge is 0.355 e. The van der Waals surface area contributed by atoms with E-state index in [0.29, 0.717) is 5.02 Å². The van der Waals surface area contributed by atoms with Crippen molar-refractivity contribution in [3.05, 3.63) is 70.5 Å². The second kappa shape index (κ2) is 7.50. The van der Waals surface area contributed by atoms with Gasteiger partial charge in [-0.2, -0.15) is 5.10 Å². The molecule has 1 spiro atoms. The summed E-state index contributed by atoms with van der Waals surface area (Å²) in [6.07, 6.45) is 10.5. The Morgan fingerprint density at radius 2 is 1.88 bits per heavy atom. The Morgan fingerprint density at radius 3 is 2.67 bits per heavy atom. The van der Waals surface area contributed by atoms with Crippen LogP contribution in [0.4, 0.5) is 5.82 Å². The first-order chi connectivity index (χ1) is 16.0. The van der Waals surface area contributed by atoms with E-state index in [1.165, 1.54) is 11.1 Å². The smallest absolute Gasteiger partial charge is 0.155 e. The Balaban J connectivity index is 1.34. The Morgan fingerprint density at radius 1 is 1.06 bits per heavy atom. The van der Waals surface area contributed by atoms with Crippen LogP contribution in [0.2, 0.25) is 5.02 Å². The monoisotopic (exact) mass is 459 g/mol. The molecule has 0 aromatic carbocycles. The van der Waals surface area contributed by atoms with Crippen LogP contribution >= 0.6 is 11.6 Å². The van der Waals surface area contributed by atoms with Crippen molar-refractivity contribution in [1.82, 2.24) is 24.6 Å². The quantitative estimate of drug-likeness (QED) is 0.481. The lowest BCUT2D eigenvalue weighted by molar-refractivity contribution is 0.187. The van der Waals surface area contributed by atoms with Gasteiger partial charge in [0, 0.05) is 43.3 Å². The zero-order chi connectivity index (χ0) is 22.7. The average molecular weight is 460 g/mol. The molecule has 0 unspecified atom stereocenters. The van der Waals surface area contributed by atoms with Gasteiger partial charge in [0.15, 0.2) is 5.82 Å². The highest BCUT2D eigenvalue weighted by Gasteiger charge is 2.46. The van der Waals surface area contributed by atoms with Gasteiger partial charge in [-0.3, -0.25) is 9.97 Å². The summed E-state index contributed by atoms with van der Waals surface area (Å²) in [6.45, 7) is 5.76. The molecule has 6 rings (SSSR count). The topological polar surface area (TPSA) is 85.2 Å². The van der Waals surface area contributed by atoms with Crippen LogP contribution in [-0.2, 0) is 6.42 Å². The van der Waals surface area contributed by atoms with Crippen molar-refractivity contribution >= 4 is 22.9 Å². The summed E-state index contributed by atoms with van der Waals surface area (Å²) >= 11 is 6.62. The Kier molecular flexibility index (Phi) is 4.67. The first-order valence-electron chi connectivity index (χ1n) is 11.4. The lowest BCUT2D eigenvalue weighted by Gasteiger charge is -2.42. The predicted octanol–water partition coefficient (Wildman–Crippen LogP) is 4.30. The maximum atomic E-state index is 6.74. The van der Waals surface area contributed by atoms with Crippen LogP contribution in [0.25, 0.3) is 16.8 Å². The molecule has 168 valence electrons. The molecule has 0 bridgehead atoms. The third-order valence-electron chi connectivity index (χ3n) is 7.56. The molecule has 1 aliphatic carbocycles. The van der Waals surface area contributed by atoms with Gasteiger partial charge < -0.3 is 10.6 Å². The van der Waals surface area contributed by atoms with E-state index in [1.807, 2.05) is 49.1 Å². The summed E-state index contributed by atoms with van der Waals surface area (Å²) < 4.78 is 1.96. The second-order valence-electron chi connectivity index (χ2n) is 9.33. The number of aryl methyl sites for hydroxylation is 2. The van der Waals surface area contributed by atoms with E-state index >= 15 is 0 Å². The Hall–Kier alpha value is -3.03. The Labute approximate surface area is 197 Å². The van der Waals surface area contributed by atoms with Gasteiger partial charge in [0.2, 0.25) is 0 Å². The molecule has 4 aromatic rings. The molecule has 7 nitrogen and oxygen atoms in total. The van der Waals surface area contributed by atoms with Gasteiger partial charge in [-0.15, -0.1) is 0 Å². The molecule has 1 saturated heterocycles. The first-order valence-corrected chi connectivity index (χ1v) is 11.8. The maximum absolute atomic E-state index is 6.74. The molecular formula is C25H26ClN7. The van der Waals surface area contributed by atoms with E-state index in [4.69, 9.17) is 22.3 Å². The summed E-state index contributed by atoms with van der Waals surface area (Å²) in [6, 6.07) is 6.13. The number of rotatable bonds is 2. The standard InChI is InChI=1S/C25H26ClN7/c1-15-21(26)18(4-9-29-15)22-16(2)31-24(20-5-10-30-33(20)22)32-11-6-25(7-12-32)13-17-3-8-28-14-19(17)23(25)27/h3-5,8-10,14,23H,6-7,11-13,27H2,1-2H3/t23-/m1/s1. The van der Waals surface area contributed by atoms with Gasteiger partial charge in [-0.1, -0.05) is 11.6 Å². The van der Waals surface area contributed by atoms with Crippen LogP contribution in [0.5, 0.6) is 0 Å². The number of nitrogens with zero attached hydrogens (tertiary/aromatic N) is 6. The number of halogens is 1. The number of piperidine rings is 1. The lowest BCUT2D eigenvalue weighted by atomic mass is 9.73. The van der Waals surface area contributed by atoms with E-state index in [9.17, 15) is 0 Å². The third-order valence-corrected chi connectivity index (χ3v) is 8.04. The van der Waals surface area contributed by atoms with Crippen LogP contribution < -0.4 is 10.6 Å². The summed E-state index contributed by atoms with van der Waals surface area (Å²) in [5.74, 6) is 0.969. The van der Waals surface area contributed by atoms with Gasteiger partial charge in [0.25, 0.3) is 0 Å². The van der Waals surface area contributed by atoms with Gasteiger partial charge in [0.1, 0.15) is 5.52 Å². The number of aromatic nitrogens is 5. The number of nitrogens with two attached hydrogens (primary N) is 1. The van der Waals surface area contributed by atoms with Crippen molar-refractivity contribution in [3.8, 4) is 11.3 Å². The van der Waals surface area contributed by atoms with E-state index < -0.39 is 0 Å². The molecule has 5 heterocycles. The molecule has 8 heteroatoms. The average Bonchev–Trinajstić information content (AvgIpc) is 3.40. The zero-order valence-corrected chi connectivity index (χ0v) is 19.5. The van der Waals surface area contributed by atoms with Crippen molar-refractivity contribution < 1.29 is 0 Å². The number of pyridine rings is 2. The van der Waals surface area contributed by atoms with Crippen molar-refractivity contribution in [2.24, 2.45) is 11.1 Å². The molecular weight excluding hydrogens is 434 g/mol. The molecule has 1 aliphatic heterocycles. The minimum Gasteiger partial charge on any atom is -0.355 e. The molecule has 0 saturated carbocycles. The van der Waals surface area contributed by atoms with Crippen molar-refractivity contribution in [1.29, 1.82) is 0 Å². The lowest BCUT2D eigenvalue weighted by Crippen LogP contribution is -2.44. The number of hydrogen-bond donors (Lipinski definition) is 1. The van der Waals surface area contributed by atoms with Crippen molar-refractivity contribution in [3.63, 3.8) is 0 Å². The van der Waals surface area contributed by atoms with Gasteiger partial charge >= 0.3 is 0 Å². The minimum absolute atomic E-state index is 0.0486. The first kappa shape index (κ1) is 20.6. The van der Waals surface area contributed by atoms with Gasteiger partial charge in [-0.25, -0.2) is 9.50 Å². The summed E-state index contributed by atoms with van der Waals surface area (Å²) in [5, 5.41) is 5.27. The van der Waals surface area contributed by atoms with E-state index in [0.717, 1.165) is 66.3 Å². The van der Waals surface area contributed by atoms with Crippen LogP contribution in [-0.4, -0.2) is 37.7 Å².